The summed E-state index contributed by atoms with van der Waals surface area (Å²) in [7, 11) is 0. The number of carbonyl (C=O) groups is 1. The van der Waals surface area contributed by atoms with E-state index in [9.17, 15) is 14.9 Å². The zero-order valence-electron chi connectivity index (χ0n) is 12.3. The molecule has 0 aliphatic rings. The highest BCUT2D eigenvalue weighted by Crippen LogP contribution is 2.05. The molecule has 118 valence electrons. The average Bonchev–Trinajstić information content (AvgIpc) is 2.58. The number of hydrogen-bond donors (Lipinski definition) is 1. The van der Waals surface area contributed by atoms with Crippen LogP contribution in [0.3, 0.4) is 0 Å². The van der Waals surface area contributed by atoms with Crippen molar-refractivity contribution in [1.82, 2.24) is 5.32 Å². The predicted molar refractivity (Wildman–Crippen MR) is 84.6 cm³/mol. The van der Waals surface area contributed by atoms with Crippen LogP contribution in [0.4, 0.5) is 0 Å². The molecule has 2 rings (SSSR count). The molecule has 0 bridgehead atoms. The highest BCUT2D eigenvalue weighted by molar-refractivity contribution is 5.85. The van der Waals surface area contributed by atoms with Crippen LogP contribution in [-0.2, 0) is 22.7 Å². The Kier molecular flexibility index (Phi) is 5.88. The van der Waals surface area contributed by atoms with Crippen LogP contribution in [-0.4, -0.2) is 10.9 Å². The quantitative estimate of drug-likeness (QED) is 0.368. The van der Waals surface area contributed by atoms with Crippen LogP contribution in [0.25, 0.3) is 0 Å². The largest absolute Gasteiger partial charge is 0.453 e. The first kappa shape index (κ1) is 16.2. The number of nitrogens with zero attached hydrogens (tertiary/aromatic N) is 1. The Morgan fingerprint density at radius 1 is 1.04 bits per heavy atom. The molecule has 6 nitrogen and oxygen atoms in total. The minimum absolute atomic E-state index is 0.0104. The van der Waals surface area contributed by atoms with Gasteiger partial charge in [0.25, 0.3) is 0 Å². The van der Waals surface area contributed by atoms with E-state index in [2.05, 4.69) is 5.32 Å². The molecule has 0 unspecified atom stereocenters. The van der Waals surface area contributed by atoms with Crippen molar-refractivity contribution in [2.24, 2.45) is 0 Å². The molecule has 0 radical (unpaired) electrons. The summed E-state index contributed by atoms with van der Waals surface area (Å²) in [5.74, 6) is -0.973. The van der Waals surface area contributed by atoms with Crippen molar-refractivity contribution >= 4 is 5.97 Å². The number of rotatable bonds is 7. The van der Waals surface area contributed by atoms with E-state index in [1.54, 1.807) is 24.3 Å². The minimum atomic E-state index is -0.973. The Balaban J connectivity index is 1.92. The van der Waals surface area contributed by atoms with Gasteiger partial charge in [0.1, 0.15) is 6.61 Å². The smallest absolute Gasteiger partial charge is 0.411 e. The maximum absolute atomic E-state index is 11.8. The van der Waals surface area contributed by atoms with Crippen molar-refractivity contribution in [2.45, 2.75) is 13.2 Å². The molecule has 0 aliphatic carbocycles. The highest BCUT2D eigenvalue weighted by atomic mass is 16.6. The molecule has 0 spiro atoms. The van der Waals surface area contributed by atoms with Crippen molar-refractivity contribution in [1.29, 1.82) is 0 Å². The van der Waals surface area contributed by atoms with Crippen molar-refractivity contribution in [3.63, 3.8) is 0 Å². The molecule has 6 heteroatoms. The first-order chi connectivity index (χ1) is 11.2. The monoisotopic (exact) mass is 312 g/mol. The highest BCUT2D eigenvalue weighted by Gasteiger charge is 2.23. The van der Waals surface area contributed by atoms with Gasteiger partial charge in [0, 0.05) is 6.54 Å². The lowest BCUT2D eigenvalue weighted by Crippen LogP contribution is -2.18. The maximum atomic E-state index is 11.8. The number of carbonyl (C=O) groups excluding carboxylic acids is 1. The predicted octanol–water partition coefficient (Wildman–Crippen LogP) is 2.64. The van der Waals surface area contributed by atoms with Gasteiger partial charge in [-0.15, -0.1) is 0 Å². The molecular formula is C17H16N2O4. The average molecular weight is 312 g/mol. The van der Waals surface area contributed by atoms with E-state index in [1.807, 2.05) is 36.4 Å². The molecule has 0 heterocycles. The summed E-state index contributed by atoms with van der Waals surface area (Å²) < 4.78 is 4.97. The molecule has 1 N–H and O–H groups in total. The number of hydrogen-bond acceptors (Lipinski definition) is 5. The van der Waals surface area contributed by atoms with Gasteiger partial charge in [-0.25, -0.2) is 4.79 Å². The van der Waals surface area contributed by atoms with Crippen LogP contribution in [0.2, 0.25) is 0 Å². The van der Waals surface area contributed by atoms with Gasteiger partial charge in [-0.2, -0.15) is 0 Å². The topological polar surface area (TPSA) is 81.5 Å². The summed E-state index contributed by atoms with van der Waals surface area (Å²) in [5.41, 5.74) is 1.08. The standard InChI is InChI=1S/C17H16N2O4/c20-17(23-13-15-9-5-2-6-10-15)16(19(21)22)12-18-11-14-7-3-1-4-8-14/h1-10,12,18H,11,13H2/b16-12+. The lowest BCUT2D eigenvalue weighted by molar-refractivity contribution is -0.421. The van der Waals surface area contributed by atoms with Crippen LogP contribution < -0.4 is 5.32 Å². The van der Waals surface area contributed by atoms with Gasteiger partial charge in [0.15, 0.2) is 0 Å². The van der Waals surface area contributed by atoms with E-state index in [1.165, 1.54) is 0 Å². The van der Waals surface area contributed by atoms with Crippen LogP contribution in [0.5, 0.6) is 0 Å². The fraction of sp³-hybridized carbons (Fsp3) is 0.118. The molecule has 0 aliphatic heterocycles. The van der Waals surface area contributed by atoms with Gasteiger partial charge < -0.3 is 10.1 Å². The van der Waals surface area contributed by atoms with Crippen LogP contribution in [0.15, 0.2) is 72.6 Å². The number of nitro groups is 1. The SMILES string of the molecule is O=C(OCc1ccccc1)/C(=C\NCc1ccccc1)[N+](=O)[O-]. The Morgan fingerprint density at radius 3 is 2.17 bits per heavy atom. The summed E-state index contributed by atoms with van der Waals surface area (Å²) >= 11 is 0. The fourth-order valence-corrected chi connectivity index (χ4v) is 1.84. The van der Waals surface area contributed by atoms with Gasteiger partial charge in [0.2, 0.25) is 0 Å². The zero-order valence-corrected chi connectivity index (χ0v) is 12.3. The van der Waals surface area contributed by atoms with Gasteiger partial charge in [-0.1, -0.05) is 60.7 Å². The summed E-state index contributed by atoms with van der Waals surface area (Å²) in [6.07, 6.45) is 1.07. The van der Waals surface area contributed by atoms with Gasteiger partial charge in [-0.3, -0.25) is 10.1 Å². The first-order valence-corrected chi connectivity index (χ1v) is 7.00. The summed E-state index contributed by atoms with van der Waals surface area (Å²) in [5, 5.41) is 13.7. The van der Waals surface area contributed by atoms with E-state index in [0.717, 1.165) is 17.3 Å². The molecular weight excluding hydrogens is 296 g/mol. The molecule has 0 saturated carbocycles. The third-order valence-electron chi connectivity index (χ3n) is 3.01. The number of benzene rings is 2. The van der Waals surface area contributed by atoms with Gasteiger partial charge in [0.05, 0.1) is 11.1 Å². The molecule has 2 aromatic carbocycles. The normalized spacial score (nSPS) is 10.9. The molecule has 0 aromatic heterocycles. The first-order valence-electron chi connectivity index (χ1n) is 7.00. The van der Waals surface area contributed by atoms with Crippen molar-refractivity contribution in [2.75, 3.05) is 0 Å². The molecule has 0 saturated heterocycles. The Hall–Kier alpha value is -3.15. The van der Waals surface area contributed by atoms with E-state index in [0.29, 0.717) is 6.54 Å². The zero-order chi connectivity index (χ0) is 16.5. The maximum Gasteiger partial charge on any atom is 0.411 e. The second-order valence-electron chi connectivity index (χ2n) is 4.71. The molecule has 0 fully saturated rings. The van der Waals surface area contributed by atoms with Crippen molar-refractivity contribution in [3.05, 3.63) is 93.8 Å². The van der Waals surface area contributed by atoms with Crippen LogP contribution in [0.1, 0.15) is 11.1 Å². The molecule has 0 atom stereocenters. The number of esters is 1. The number of ether oxygens (including phenoxy) is 1. The van der Waals surface area contributed by atoms with Crippen LogP contribution >= 0.6 is 0 Å². The number of nitrogens with one attached hydrogen (secondary N) is 1. The Bertz CT molecular complexity index is 684. The van der Waals surface area contributed by atoms with E-state index in [4.69, 9.17) is 4.74 Å². The third kappa shape index (κ3) is 5.28. The second-order valence-corrected chi connectivity index (χ2v) is 4.71. The van der Waals surface area contributed by atoms with Crippen molar-refractivity contribution < 1.29 is 14.5 Å². The van der Waals surface area contributed by atoms with E-state index < -0.39 is 16.6 Å². The van der Waals surface area contributed by atoms with E-state index in [-0.39, 0.29) is 6.61 Å². The minimum Gasteiger partial charge on any atom is -0.453 e. The Morgan fingerprint density at radius 2 is 1.61 bits per heavy atom. The fourth-order valence-electron chi connectivity index (χ4n) is 1.84. The van der Waals surface area contributed by atoms with E-state index >= 15 is 0 Å². The molecule has 23 heavy (non-hydrogen) atoms. The summed E-state index contributed by atoms with van der Waals surface area (Å²) in [4.78, 5) is 22.1. The lowest BCUT2D eigenvalue weighted by Gasteiger charge is -2.04. The van der Waals surface area contributed by atoms with Gasteiger partial charge >= 0.3 is 11.7 Å². The lowest BCUT2D eigenvalue weighted by atomic mass is 10.2. The summed E-state index contributed by atoms with van der Waals surface area (Å²) in [6.45, 7) is 0.369. The van der Waals surface area contributed by atoms with Gasteiger partial charge in [-0.05, 0) is 11.1 Å². The second kappa shape index (κ2) is 8.33. The Labute approximate surface area is 133 Å². The van der Waals surface area contributed by atoms with Crippen LogP contribution in [0, 0.1) is 10.1 Å². The molecule has 2 aromatic rings. The third-order valence-corrected chi connectivity index (χ3v) is 3.01. The summed E-state index contributed by atoms with van der Waals surface area (Å²) in [6, 6.07) is 18.3. The molecule has 0 amide bonds. The van der Waals surface area contributed by atoms with Crippen molar-refractivity contribution in [3.8, 4) is 0 Å².